The smallest absolute Gasteiger partial charge is 0.0700 e. The molecule has 0 radical (unpaired) electrons. The Labute approximate surface area is 82.0 Å². The van der Waals surface area contributed by atoms with Crippen LogP contribution in [0.15, 0.2) is 0 Å². The minimum atomic E-state index is 0.494. The molecule has 1 heterocycles. The predicted molar refractivity (Wildman–Crippen MR) is 55.9 cm³/mol. The first-order chi connectivity index (χ1) is 6.33. The molecule has 1 N–H and O–H groups in total. The predicted octanol–water partition coefficient (Wildman–Crippen LogP) is 2.19. The van der Waals surface area contributed by atoms with Crippen molar-refractivity contribution in [2.45, 2.75) is 45.6 Å². The first kappa shape index (κ1) is 11.0. The molecule has 0 amide bonds. The summed E-state index contributed by atoms with van der Waals surface area (Å²) in [6.45, 7) is 7.72. The largest absolute Gasteiger partial charge is 0.377 e. The van der Waals surface area contributed by atoms with Crippen molar-refractivity contribution in [3.05, 3.63) is 0 Å². The Morgan fingerprint density at radius 3 is 3.00 bits per heavy atom. The second-order valence-electron chi connectivity index (χ2n) is 4.19. The molecule has 0 aliphatic carbocycles. The van der Waals surface area contributed by atoms with E-state index in [1.165, 1.54) is 25.7 Å². The topological polar surface area (TPSA) is 21.3 Å². The van der Waals surface area contributed by atoms with E-state index >= 15 is 0 Å². The van der Waals surface area contributed by atoms with Crippen LogP contribution < -0.4 is 5.32 Å². The quantitative estimate of drug-likeness (QED) is 0.685. The summed E-state index contributed by atoms with van der Waals surface area (Å²) < 4.78 is 5.53. The molecule has 2 heteroatoms. The Bertz CT molecular complexity index is 121. The Hall–Kier alpha value is -0.0800. The molecule has 0 spiro atoms. The van der Waals surface area contributed by atoms with E-state index in [9.17, 15) is 0 Å². The summed E-state index contributed by atoms with van der Waals surface area (Å²) >= 11 is 0. The van der Waals surface area contributed by atoms with E-state index < -0.39 is 0 Å². The standard InChI is InChI=1S/C11H23NO/c1-3-5-10(2)8-12-9-11-6-4-7-13-11/h10-12H,3-9H2,1-2H3. The van der Waals surface area contributed by atoms with Crippen LogP contribution >= 0.6 is 0 Å². The Kier molecular flexibility index (Phi) is 5.40. The van der Waals surface area contributed by atoms with E-state index in [2.05, 4.69) is 19.2 Å². The molecule has 13 heavy (non-hydrogen) atoms. The van der Waals surface area contributed by atoms with Crippen LogP contribution in [0, 0.1) is 5.92 Å². The highest BCUT2D eigenvalue weighted by Gasteiger charge is 2.14. The van der Waals surface area contributed by atoms with Gasteiger partial charge in [-0.3, -0.25) is 0 Å². The zero-order valence-corrected chi connectivity index (χ0v) is 9.01. The van der Waals surface area contributed by atoms with E-state index in [1.807, 2.05) is 0 Å². The molecule has 1 aliphatic heterocycles. The molecule has 2 atom stereocenters. The van der Waals surface area contributed by atoms with Gasteiger partial charge in [-0.1, -0.05) is 20.3 Å². The summed E-state index contributed by atoms with van der Waals surface area (Å²) in [4.78, 5) is 0. The van der Waals surface area contributed by atoms with Gasteiger partial charge in [0.05, 0.1) is 6.10 Å². The van der Waals surface area contributed by atoms with Gasteiger partial charge in [-0.15, -0.1) is 0 Å². The number of hydrogen-bond acceptors (Lipinski definition) is 2. The summed E-state index contributed by atoms with van der Waals surface area (Å²) in [5, 5.41) is 3.49. The molecular formula is C11H23NO. The molecule has 0 aromatic heterocycles. The highest BCUT2D eigenvalue weighted by atomic mass is 16.5. The van der Waals surface area contributed by atoms with Gasteiger partial charge in [-0.2, -0.15) is 0 Å². The summed E-state index contributed by atoms with van der Waals surface area (Å²) in [5.41, 5.74) is 0. The molecule has 0 saturated carbocycles. The normalized spacial score (nSPS) is 24.9. The zero-order valence-electron chi connectivity index (χ0n) is 9.01. The van der Waals surface area contributed by atoms with Crippen molar-refractivity contribution in [1.82, 2.24) is 5.32 Å². The average molecular weight is 185 g/mol. The lowest BCUT2D eigenvalue weighted by Gasteiger charge is -2.14. The Morgan fingerprint density at radius 2 is 2.38 bits per heavy atom. The van der Waals surface area contributed by atoms with Crippen molar-refractivity contribution in [3.8, 4) is 0 Å². The minimum Gasteiger partial charge on any atom is -0.377 e. The number of hydrogen-bond donors (Lipinski definition) is 1. The molecule has 78 valence electrons. The maximum Gasteiger partial charge on any atom is 0.0700 e. The van der Waals surface area contributed by atoms with E-state index in [1.54, 1.807) is 0 Å². The lowest BCUT2D eigenvalue weighted by Crippen LogP contribution is -2.29. The summed E-state index contributed by atoms with van der Waals surface area (Å²) in [6.07, 6.45) is 5.61. The van der Waals surface area contributed by atoms with Gasteiger partial charge in [0.1, 0.15) is 0 Å². The highest BCUT2D eigenvalue weighted by molar-refractivity contribution is 4.68. The zero-order chi connectivity index (χ0) is 9.52. The molecule has 2 unspecified atom stereocenters. The van der Waals surface area contributed by atoms with Crippen molar-refractivity contribution in [2.24, 2.45) is 5.92 Å². The second-order valence-corrected chi connectivity index (χ2v) is 4.19. The van der Waals surface area contributed by atoms with Gasteiger partial charge >= 0.3 is 0 Å². The summed E-state index contributed by atoms with van der Waals surface area (Å²) in [6, 6.07) is 0. The number of nitrogens with one attached hydrogen (secondary N) is 1. The van der Waals surface area contributed by atoms with Gasteiger partial charge in [0.15, 0.2) is 0 Å². The maximum atomic E-state index is 5.53. The van der Waals surface area contributed by atoms with E-state index in [-0.39, 0.29) is 0 Å². The van der Waals surface area contributed by atoms with Gasteiger partial charge in [0.25, 0.3) is 0 Å². The molecular weight excluding hydrogens is 162 g/mol. The number of rotatable bonds is 6. The third-order valence-corrected chi connectivity index (χ3v) is 2.67. The second kappa shape index (κ2) is 6.39. The monoisotopic (exact) mass is 185 g/mol. The first-order valence-corrected chi connectivity index (χ1v) is 5.65. The highest BCUT2D eigenvalue weighted by Crippen LogP contribution is 2.11. The van der Waals surface area contributed by atoms with Crippen LogP contribution in [0.2, 0.25) is 0 Å². The fourth-order valence-corrected chi connectivity index (χ4v) is 1.89. The van der Waals surface area contributed by atoms with Crippen molar-refractivity contribution < 1.29 is 4.74 Å². The molecule has 0 aromatic rings. The Morgan fingerprint density at radius 1 is 1.54 bits per heavy atom. The van der Waals surface area contributed by atoms with Crippen molar-refractivity contribution in [2.75, 3.05) is 19.7 Å². The van der Waals surface area contributed by atoms with Crippen LogP contribution in [0.3, 0.4) is 0 Å². The van der Waals surface area contributed by atoms with Crippen LogP contribution in [0.4, 0.5) is 0 Å². The third-order valence-electron chi connectivity index (χ3n) is 2.67. The average Bonchev–Trinajstić information content (AvgIpc) is 2.57. The van der Waals surface area contributed by atoms with Crippen LogP contribution in [0.25, 0.3) is 0 Å². The van der Waals surface area contributed by atoms with Crippen LogP contribution in [-0.4, -0.2) is 25.8 Å². The molecule has 1 fully saturated rings. The SMILES string of the molecule is CCCC(C)CNCC1CCCO1. The van der Waals surface area contributed by atoms with Gasteiger partial charge in [-0.25, -0.2) is 0 Å². The number of ether oxygens (including phenoxy) is 1. The van der Waals surface area contributed by atoms with Crippen molar-refractivity contribution in [3.63, 3.8) is 0 Å². The molecule has 0 aromatic carbocycles. The van der Waals surface area contributed by atoms with E-state index in [4.69, 9.17) is 4.74 Å². The lowest BCUT2D eigenvalue weighted by atomic mass is 10.1. The molecule has 1 saturated heterocycles. The van der Waals surface area contributed by atoms with E-state index in [0.29, 0.717) is 6.10 Å². The molecule has 1 rings (SSSR count). The molecule has 2 nitrogen and oxygen atoms in total. The lowest BCUT2D eigenvalue weighted by molar-refractivity contribution is 0.109. The van der Waals surface area contributed by atoms with Crippen molar-refractivity contribution >= 4 is 0 Å². The molecule has 0 bridgehead atoms. The van der Waals surface area contributed by atoms with Gasteiger partial charge in [0.2, 0.25) is 0 Å². The minimum absolute atomic E-state index is 0.494. The summed E-state index contributed by atoms with van der Waals surface area (Å²) in [5.74, 6) is 0.811. The van der Waals surface area contributed by atoms with Gasteiger partial charge < -0.3 is 10.1 Å². The fourth-order valence-electron chi connectivity index (χ4n) is 1.89. The first-order valence-electron chi connectivity index (χ1n) is 5.65. The third kappa shape index (κ3) is 4.63. The van der Waals surface area contributed by atoms with Crippen LogP contribution in [0.1, 0.15) is 39.5 Å². The fraction of sp³-hybridized carbons (Fsp3) is 1.00. The Balaban J connectivity index is 1.93. The van der Waals surface area contributed by atoms with Crippen LogP contribution in [0.5, 0.6) is 0 Å². The van der Waals surface area contributed by atoms with Crippen molar-refractivity contribution in [1.29, 1.82) is 0 Å². The summed E-state index contributed by atoms with van der Waals surface area (Å²) in [7, 11) is 0. The molecule has 1 aliphatic rings. The van der Waals surface area contributed by atoms with Gasteiger partial charge in [0, 0.05) is 13.2 Å². The maximum absolute atomic E-state index is 5.53. The van der Waals surface area contributed by atoms with Crippen LogP contribution in [-0.2, 0) is 4.74 Å². The van der Waals surface area contributed by atoms with E-state index in [0.717, 1.165) is 25.6 Å². The van der Waals surface area contributed by atoms with Gasteiger partial charge in [-0.05, 0) is 31.7 Å².